The zero-order valence-corrected chi connectivity index (χ0v) is 11.4. The van der Waals surface area contributed by atoms with Gasteiger partial charge in [-0.25, -0.2) is 4.98 Å². The number of fused-ring (bicyclic) bond motifs is 1. The van der Waals surface area contributed by atoms with Crippen LogP contribution in [0.4, 0.5) is 0 Å². The molecule has 19 heavy (non-hydrogen) atoms. The molecule has 1 fully saturated rings. The summed E-state index contributed by atoms with van der Waals surface area (Å²) in [6.07, 6.45) is 6.88. The average molecular weight is 256 g/mol. The van der Waals surface area contributed by atoms with Crippen molar-refractivity contribution in [2.45, 2.75) is 31.7 Å². The first-order chi connectivity index (χ1) is 9.36. The Kier molecular flexibility index (Phi) is 3.65. The standard InChI is InChI=1S/C16H20N2O/c1-19-16-15-6-5-12(10-13(15)7-9-18-16)11-14-4-2-3-8-17-14/h5-7,9-10,14,17H,2-4,8,11H2,1H3. The second-order valence-corrected chi connectivity index (χ2v) is 5.23. The van der Waals surface area contributed by atoms with Gasteiger partial charge in [0.1, 0.15) is 0 Å². The smallest absolute Gasteiger partial charge is 0.221 e. The van der Waals surface area contributed by atoms with Gasteiger partial charge in [-0.1, -0.05) is 18.6 Å². The molecule has 100 valence electrons. The zero-order valence-electron chi connectivity index (χ0n) is 11.4. The molecule has 3 nitrogen and oxygen atoms in total. The van der Waals surface area contributed by atoms with Crippen LogP contribution in [0.5, 0.6) is 5.88 Å². The number of methoxy groups -OCH3 is 1. The molecule has 0 aliphatic carbocycles. The van der Waals surface area contributed by atoms with E-state index in [4.69, 9.17) is 4.74 Å². The highest BCUT2D eigenvalue weighted by Crippen LogP contribution is 2.24. The minimum absolute atomic E-state index is 0.634. The number of hydrogen-bond donors (Lipinski definition) is 1. The summed E-state index contributed by atoms with van der Waals surface area (Å²) in [5, 5.41) is 5.90. The van der Waals surface area contributed by atoms with Gasteiger partial charge in [-0.05, 0) is 48.9 Å². The lowest BCUT2D eigenvalue weighted by molar-refractivity contribution is 0.399. The molecule has 3 rings (SSSR count). The van der Waals surface area contributed by atoms with E-state index >= 15 is 0 Å². The predicted molar refractivity (Wildman–Crippen MR) is 77.6 cm³/mol. The molecule has 2 heterocycles. The molecule has 3 heteroatoms. The molecule has 0 spiro atoms. The van der Waals surface area contributed by atoms with Crippen molar-refractivity contribution < 1.29 is 4.74 Å². The summed E-state index contributed by atoms with van der Waals surface area (Å²) in [6.45, 7) is 1.16. The van der Waals surface area contributed by atoms with Crippen LogP contribution in [0.15, 0.2) is 30.5 Å². The number of nitrogens with zero attached hydrogens (tertiary/aromatic N) is 1. The largest absolute Gasteiger partial charge is 0.481 e. The van der Waals surface area contributed by atoms with Crippen LogP contribution in [0.1, 0.15) is 24.8 Å². The summed E-state index contributed by atoms with van der Waals surface area (Å²) in [6, 6.07) is 9.27. The maximum absolute atomic E-state index is 5.29. The minimum atomic E-state index is 0.634. The number of benzene rings is 1. The Morgan fingerprint density at radius 1 is 1.32 bits per heavy atom. The van der Waals surface area contributed by atoms with Crippen molar-refractivity contribution in [3.8, 4) is 5.88 Å². The SMILES string of the molecule is COc1nccc2cc(CC3CCCCN3)ccc12. The van der Waals surface area contributed by atoms with E-state index in [-0.39, 0.29) is 0 Å². The van der Waals surface area contributed by atoms with E-state index in [1.165, 1.54) is 30.2 Å². The van der Waals surface area contributed by atoms with Crippen LogP contribution in [0, 0.1) is 0 Å². The molecule has 1 aliphatic heterocycles. The molecule has 0 radical (unpaired) electrons. The van der Waals surface area contributed by atoms with Crippen molar-refractivity contribution in [1.29, 1.82) is 0 Å². The Morgan fingerprint density at radius 3 is 3.05 bits per heavy atom. The fourth-order valence-corrected chi connectivity index (χ4v) is 2.87. The fraction of sp³-hybridized carbons (Fsp3) is 0.438. The van der Waals surface area contributed by atoms with E-state index in [0.717, 1.165) is 18.4 Å². The molecule has 1 aromatic carbocycles. The summed E-state index contributed by atoms with van der Waals surface area (Å²) in [7, 11) is 1.67. The third-order valence-corrected chi connectivity index (χ3v) is 3.88. The van der Waals surface area contributed by atoms with Crippen LogP contribution < -0.4 is 10.1 Å². The molecular formula is C16H20N2O. The maximum atomic E-state index is 5.29. The highest BCUT2D eigenvalue weighted by Gasteiger charge is 2.13. The number of piperidine rings is 1. The average Bonchev–Trinajstić information content (AvgIpc) is 2.47. The second kappa shape index (κ2) is 5.57. The molecule has 1 unspecified atom stereocenters. The molecule has 1 aromatic heterocycles. The summed E-state index contributed by atoms with van der Waals surface area (Å²) in [5.74, 6) is 0.708. The Balaban J connectivity index is 1.85. The van der Waals surface area contributed by atoms with Gasteiger partial charge in [0.2, 0.25) is 5.88 Å². The first-order valence-electron chi connectivity index (χ1n) is 7.02. The van der Waals surface area contributed by atoms with Crippen molar-refractivity contribution in [1.82, 2.24) is 10.3 Å². The van der Waals surface area contributed by atoms with Gasteiger partial charge in [0.05, 0.1) is 7.11 Å². The quantitative estimate of drug-likeness (QED) is 0.917. The topological polar surface area (TPSA) is 34.1 Å². The second-order valence-electron chi connectivity index (χ2n) is 5.23. The molecular weight excluding hydrogens is 236 g/mol. The van der Waals surface area contributed by atoms with E-state index in [9.17, 15) is 0 Å². The Morgan fingerprint density at radius 2 is 2.26 bits per heavy atom. The Hall–Kier alpha value is -1.61. The van der Waals surface area contributed by atoms with E-state index in [2.05, 4.69) is 34.6 Å². The highest BCUT2D eigenvalue weighted by molar-refractivity contribution is 5.87. The van der Waals surface area contributed by atoms with Crippen molar-refractivity contribution in [2.24, 2.45) is 0 Å². The third-order valence-electron chi connectivity index (χ3n) is 3.88. The first-order valence-corrected chi connectivity index (χ1v) is 7.02. The molecule has 2 aromatic rings. The van der Waals surface area contributed by atoms with E-state index in [1.54, 1.807) is 7.11 Å². The first kappa shape index (κ1) is 12.4. The van der Waals surface area contributed by atoms with Crippen LogP contribution in [0.25, 0.3) is 10.8 Å². The van der Waals surface area contributed by atoms with E-state index < -0.39 is 0 Å². The van der Waals surface area contributed by atoms with Gasteiger partial charge in [0.15, 0.2) is 0 Å². The van der Waals surface area contributed by atoms with Crippen molar-refractivity contribution in [3.05, 3.63) is 36.0 Å². The maximum Gasteiger partial charge on any atom is 0.221 e. The van der Waals surface area contributed by atoms with Gasteiger partial charge in [-0.3, -0.25) is 0 Å². The van der Waals surface area contributed by atoms with Gasteiger partial charge in [-0.15, -0.1) is 0 Å². The summed E-state index contributed by atoms with van der Waals surface area (Å²) >= 11 is 0. The summed E-state index contributed by atoms with van der Waals surface area (Å²) in [5.41, 5.74) is 1.39. The number of ether oxygens (including phenoxy) is 1. The number of nitrogens with one attached hydrogen (secondary N) is 1. The fourth-order valence-electron chi connectivity index (χ4n) is 2.87. The van der Waals surface area contributed by atoms with Crippen molar-refractivity contribution in [2.75, 3.05) is 13.7 Å². The van der Waals surface area contributed by atoms with Gasteiger partial charge < -0.3 is 10.1 Å². The molecule has 1 atom stereocenters. The number of aromatic nitrogens is 1. The van der Waals surface area contributed by atoms with E-state index in [1.807, 2.05) is 6.20 Å². The zero-order chi connectivity index (χ0) is 13.1. The Bertz CT molecular complexity index is 562. The normalized spacial score (nSPS) is 19.5. The van der Waals surface area contributed by atoms with Crippen molar-refractivity contribution >= 4 is 10.8 Å². The third kappa shape index (κ3) is 2.71. The highest BCUT2D eigenvalue weighted by atomic mass is 16.5. The van der Waals surface area contributed by atoms with Crippen LogP contribution >= 0.6 is 0 Å². The summed E-state index contributed by atoms with van der Waals surface area (Å²) in [4.78, 5) is 4.24. The predicted octanol–water partition coefficient (Wildman–Crippen LogP) is 2.93. The van der Waals surface area contributed by atoms with Crippen LogP contribution in [0.2, 0.25) is 0 Å². The van der Waals surface area contributed by atoms with Gasteiger partial charge in [0.25, 0.3) is 0 Å². The molecule has 0 amide bonds. The van der Waals surface area contributed by atoms with Gasteiger partial charge >= 0.3 is 0 Å². The number of rotatable bonds is 3. The van der Waals surface area contributed by atoms with E-state index in [0.29, 0.717) is 11.9 Å². The lowest BCUT2D eigenvalue weighted by atomic mass is 9.96. The molecule has 1 aliphatic rings. The number of pyridine rings is 1. The molecule has 1 saturated heterocycles. The Labute approximate surface area is 114 Å². The summed E-state index contributed by atoms with van der Waals surface area (Å²) < 4.78 is 5.29. The lowest BCUT2D eigenvalue weighted by Gasteiger charge is -2.23. The van der Waals surface area contributed by atoms with Crippen LogP contribution in [-0.4, -0.2) is 24.7 Å². The molecule has 1 N–H and O–H groups in total. The number of hydrogen-bond acceptors (Lipinski definition) is 3. The van der Waals surface area contributed by atoms with Crippen molar-refractivity contribution in [3.63, 3.8) is 0 Å². The molecule has 0 saturated carbocycles. The van der Waals surface area contributed by atoms with Crippen LogP contribution in [0.3, 0.4) is 0 Å². The molecule has 0 bridgehead atoms. The lowest BCUT2D eigenvalue weighted by Crippen LogP contribution is -2.35. The van der Waals surface area contributed by atoms with Gasteiger partial charge in [0, 0.05) is 17.6 Å². The van der Waals surface area contributed by atoms with Gasteiger partial charge in [-0.2, -0.15) is 0 Å². The minimum Gasteiger partial charge on any atom is -0.481 e. The van der Waals surface area contributed by atoms with Crippen LogP contribution in [-0.2, 0) is 6.42 Å². The monoisotopic (exact) mass is 256 g/mol.